The number of benzene rings is 1. The molecule has 0 aliphatic carbocycles. The standard InChI is InChI=1S/C13H8ClF3O2/c14-12-10(4-5-19-12)11(18)7-8-2-1-3-9(6-8)13(15,16)17/h1-6H,7H2. The summed E-state index contributed by atoms with van der Waals surface area (Å²) in [7, 11) is 0. The summed E-state index contributed by atoms with van der Waals surface area (Å²) in [5, 5.41) is -0.0584. The fourth-order valence-corrected chi connectivity index (χ4v) is 1.85. The van der Waals surface area contributed by atoms with Gasteiger partial charge in [0.25, 0.3) is 0 Å². The highest BCUT2D eigenvalue weighted by molar-refractivity contribution is 6.32. The van der Waals surface area contributed by atoms with Gasteiger partial charge in [-0.05, 0) is 29.3 Å². The molecule has 0 unspecified atom stereocenters. The number of alkyl halides is 3. The molecular formula is C13H8ClF3O2. The van der Waals surface area contributed by atoms with Crippen molar-refractivity contribution in [1.29, 1.82) is 0 Å². The van der Waals surface area contributed by atoms with E-state index in [1.54, 1.807) is 0 Å². The van der Waals surface area contributed by atoms with Crippen LogP contribution in [-0.4, -0.2) is 5.78 Å². The van der Waals surface area contributed by atoms with Crippen LogP contribution in [0.4, 0.5) is 13.2 Å². The lowest BCUT2D eigenvalue weighted by Crippen LogP contribution is -2.07. The van der Waals surface area contributed by atoms with Crippen LogP contribution in [0.1, 0.15) is 21.5 Å². The Morgan fingerprint density at radius 1 is 1.26 bits per heavy atom. The van der Waals surface area contributed by atoms with Gasteiger partial charge < -0.3 is 4.42 Å². The summed E-state index contributed by atoms with van der Waals surface area (Å²) in [6, 6.07) is 6.02. The molecule has 0 aliphatic rings. The number of rotatable bonds is 3. The Morgan fingerprint density at radius 3 is 2.58 bits per heavy atom. The van der Waals surface area contributed by atoms with Crippen LogP contribution in [0.5, 0.6) is 0 Å². The molecule has 1 aromatic carbocycles. The fourth-order valence-electron chi connectivity index (χ4n) is 1.63. The SMILES string of the molecule is O=C(Cc1cccc(C(F)(F)F)c1)c1ccoc1Cl. The van der Waals surface area contributed by atoms with Crippen LogP contribution in [0, 0.1) is 0 Å². The summed E-state index contributed by atoms with van der Waals surface area (Å²) in [5.41, 5.74) is -0.340. The number of carbonyl (C=O) groups excluding carboxylic acids is 1. The second kappa shape index (κ2) is 5.09. The molecule has 0 amide bonds. The molecule has 1 heterocycles. The third-order valence-corrected chi connectivity index (χ3v) is 2.83. The largest absolute Gasteiger partial charge is 0.452 e. The van der Waals surface area contributed by atoms with Crippen molar-refractivity contribution in [1.82, 2.24) is 0 Å². The lowest BCUT2D eigenvalue weighted by Gasteiger charge is -2.08. The molecule has 2 aromatic rings. The van der Waals surface area contributed by atoms with Gasteiger partial charge in [-0.2, -0.15) is 13.2 Å². The van der Waals surface area contributed by atoms with E-state index in [-0.39, 0.29) is 22.8 Å². The van der Waals surface area contributed by atoms with Crippen molar-refractivity contribution in [2.75, 3.05) is 0 Å². The topological polar surface area (TPSA) is 30.2 Å². The molecule has 0 spiro atoms. The molecule has 0 atom stereocenters. The Labute approximate surface area is 111 Å². The smallest absolute Gasteiger partial charge is 0.416 e. The molecule has 1 aromatic heterocycles. The summed E-state index contributed by atoms with van der Waals surface area (Å²) in [6.45, 7) is 0. The molecule has 0 fully saturated rings. The van der Waals surface area contributed by atoms with Gasteiger partial charge in [0, 0.05) is 6.42 Å². The Hall–Kier alpha value is -1.75. The molecule has 19 heavy (non-hydrogen) atoms. The van der Waals surface area contributed by atoms with Crippen molar-refractivity contribution >= 4 is 17.4 Å². The first-order chi connectivity index (χ1) is 8.88. The quantitative estimate of drug-likeness (QED) is 0.785. The van der Waals surface area contributed by atoms with E-state index in [4.69, 9.17) is 16.0 Å². The molecule has 2 rings (SSSR count). The maximum atomic E-state index is 12.5. The van der Waals surface area contributed by atoms with E-state index >= 15 is 0 Å². The third kappa shape index (κ3) is 3.17. The van der Waals surface area contributed by atoms with E-state index in [2.05, 4.69) is 0 Å². The molecule has 0 radical (unpaired) electrons. The minimum atomic E-state index is -4.42. The second-order valence-electron chi connectivity index (χ2n) is 3.91. The highest BCUT2D eigenvalue weighted by Crippen LogP contribution is 2.30. The Kier molecular flexibility index (Phi) is 3.66. The van der Waals surface area contributed by atoms with Crippen molar-refractivity contribution in [2.45, 2.75) is 12.6 Å². The maximum absolute atomic E-state index is 12.5. The number of halogens is 4. The number of hydrogen-bond acceptors (Lipinski definition) is 2. The normalized spacial score (nSPS) is 11.6. The number of furan rings is 1. The zero-order valence-electron chi connectivity index (χ0n) is 9.50. The average molecular weight is 289 g/mol. The number of carbonyl (C=O) groups is 1. The monoisotopic (exact) mass is 288 g/mol. The van der Waals surface area contributed by atoms with Crippen molar-refractivity contribution in [3.63, 3.8) is 0 Å². The van der Waals surface area contributed by atoms with Crippen LogP contribution >= 0.6 is 11.6 Å². The summed E-state index contributed by atoms with van der Waals surface area (Å²) in [4.78, 5) is 11.8. The minimum absolute atomic E-state index is 0.0584. The number of ketones is 1. The average Bonchev–Trinajstić information content (AvgIpc) is 2.75. The summed E-state index contributed by atoms with van der Waals surface area (Å²) in [5.74, 6) is -0.391. The second-order valence-corrected chi connectivity index (χ2v) is 4.25. The highest BCUT2D eigenvalue weighted by Gasteiger charge is 2.30. The first kappa shape index (κ1) is 13.7. The van der Waals surface area contributed by atoms with Crippen molar-refractivity contribution in [3.8, 4) is 0 Å². The number of hydrogen-bond donors (Lipinski definition) is 0. The van der Waals surface area contributed by atoms with E-state index in [1.165, 1.54) is 24.5 Å². The molecule has 0 N–H and O–H groups in total. The van der Waals surface area contributed by atoms with Crippen LogP contribution in [0.15, 0.2) is 41.0 Å². The van der Waals surface area contributed by atoms with Crippen LogP contribution in [0.2, 0.25) is 5.22 Å². The highest BCUT2D eigenvalue weighted by atomic mass is 35.5. The van der Waals surface area contributed by atoms with Crippen LogP contribution in [0.3, 0.4) is 0 Å². The van der Waals surface area contributed by atoms with Gasteiger partial charge in [-0.25, -0.2) is 0 Å². The van der Waals surface area contributed by atoms with Crippen molar-refractivity contribution in [2.24, 2.45) is 0 Å². The van der Waals surface area contributed by atoms with Gasteiger partial charge in [0.05, 0.1) is 17.4 Å². The van der Waals surface area contributed by atoms with Gasteiger partial charge in [-0.1, -0.05) is 18.2 Å². The maximum Gasteiger partial charge on any atom is 0.416 e. The first-order valence-corrected chi connectivity index (χ1v) is 5.68. The van der Waals surface area contributed by atoms with E-state index < -0.39 is 17.5 Å². The van der Waals surface area contributed by atoms with Crippen LogP contribution in [-0.2, 0) is 12.6 Å². The van der Waals surface area contributed by atoms with Gasteiger partial charge in [-0.3, -0.25) is 4.79 Å². The Bertz CT molecular complexity index is 602. The molecule has 0 saturated heterocycles. The van der Waals surface area contributed by atoms with Gasteiger partial charge in [0.2, 0.25) is 5.22 Å². The molecule has 6 heteroatoms. The summed E-state index contributed by atoms with van der Waals surface area (Å²) in [6.07, 6.45) is -3.34. The molecule has 100 valence electrons. The van der Waals surface area contributed by atoms with E-state index in [0.717, 1.165) is 12.1 Å². The molecule has 0 aliphatic heterocycles. The predicted octanol–water partition coefficient (Wildman–Crippen LogP) is 4.38. The third-order valence-electron chi connectivity index (χ3n) is 2.54. The van der Waals surface area contributed by atoms with Crippen molar-refractivity contribution in [3.05, 3.63) is 58.5 Å². The Morgan fingerprint density at radius 2 is 2.00 bits per heavy atom. The van der Waals surface area contributed by atoms with E-state index in [9.17, 15) is 18.0 Å². The minimum Gasteiger partial charge on any atom is -0.452 e. The molecule has 0 bridgehead atoms. The molecule has 0 saturated carbocycles. The molecule has 2 nitrogen and oxygen atoms in total. The van der Waals surface area contributed by atoms with Gasteiger partial charge in [0.15, 0.2) is 5.78 Å². The van der Waals surface area contributed by atoms with E-state index in [0.29, 0.717) is 0 Å². The predicted molar refractivity (Wildman–Crippen MR) is 63.2 cm³/mol. The zero-order chi connectivity index (χ0) is 14.0. The van der Waals surface area contributed by atoms with Crippen LogP contribution < -0.4 is 0 Å². The van der Waals surface area contributed by atoms with E-state index in [1.807, 2.05) is 0 Å². The lowest BCUT2D eigenvalue weighted by atomic mass is 10.0. The van der Waals surface area contributed by atoms with Gasteiger partial charge in [0.1, 0.15) is 0 Å². The Balaban J connectivity index is 2.21. The van der Waals surface area contributed by atoms with Gasteiger partial charge in [-0.15, -0.1) is 0 Å². The van der Waals surface area contributed by atoms with Crippen molar-refractivity contribution < 1.29 is 22.4 Å². The van der Waals surface area contributed by atoms with Crippen LogP contribution in [0.25, 0.3) is 0 Å². The number of Topliss-reactive ketones (excluding diaryl/α,β-unsaturated/α-hetero) is 1. The summed E-state index contributed by atoms with van der Waals surface area (Å²) < 4.78 is 42.3. The fraction of sp³-hybridized carbons (Fsp3) is 0.154. The summed E-state index contributed by atoms with van der Waals surface area (Å²) >= 11 is 5.64. The molecular weight excluding hydrogens is 281 g/mol. The first-order valence-electron chi connectivity index (χ1n) is 5.30. The lowest BCUT2D eigenvalue weighted by molar-refractivity contribution is -0.137. The zero-order valence-corrected chi connectivity index (χ0v) is 10.3. The van der Waals surface area contributed by atoms with Gasteiger partial charge >= 0.3 is 6.18 Å².